The number of carbonyl (C=O) groups is 1. The van der Waals surface area contributed by atoms with Crippen LogP contribution in [0.1, 0.15) is 66.1 Å². The van der Waals surface area contributed by atoms with Crippen LogP contribution in [-0.4, -0.2) is 16.1 Å². The molecule has 2 heterocycles. The molecule has 156 valence electrons. The first-order chi connectivity index (χ1) is 13.6. The molecule has 5 nitrogen and oxygen atoms in total. The van der Waals surface area contributed by atoms with E-state index in [0.29, 0.717) is 16.0 Å². The molecule has 4 rings (SSSR count). The van der Waals surface area contributed by atoms with E-state index in [9.17, 15) is 15.0 Å². The van der Waals surface area contributed by atoms with E-state index in [4.69, 9.17) is 0 Å². The number of fused-ring (bicyclic) bond motifs is 3. The van der Waals surface area contributed by atoms with Crippen LogP contribution >= 0.6 is 43.2 Å². The first-order valence-corrected chi connectivity index (χ1v) is 12.2. The molecule has 0 fully saturated rings. The van der Waals surface area contributed by atoms with Crippen LogP contribution in [0.2, 0.25) is 0 Å². The summed E-state index contributed by atoms with van der Waals surface area (Å²) < 4.78 is 0.632. The van der Waals surface area contributed by atoms with Crippen LogP contribution in [0.15, 0.2) is 15.0 Å². The number of anilines is 1. The summed E-state index contributed by atoms with van der Waals surface area (Å²) in [4.78, 5) is 14.3. The third kappa shape index (κ3) is 3.47. The standard InChI is InChI=1S/C21H24Br2N2O3S/c1-4-21(2,3)9-5-6-10-13(7-9)29-20-14(10)19(28)24-18(25-20)11-8-12(22)17(27)15(23)16(11)26/h8-9,18,25-27H,4-7H2,1-3H3,(H,24,28)/t9-,18-/m1/s1. The van der Waals surface area contributed by atoms with Crippen molar-refractivity contribution < 1.29 is 15.0 Å². The molecule has 2 atom stereocenters. The minimum atomic E-state index is -0.578. The highest BCUT2D eigenvalue weighted by atomic mass is 79.9. The summed E-state index contributed by atoms with van der Waals surface area (Å²) in [6.07, 6.45) is 3.60. The summed E-state index contributed by atoms with van der Waals surface area (Å²) >= 11 is 8.16. The van der Waals surface area contributed by atoms with Gasteiger partial charge >= 0.3 is 0 Å². The Morgan fingerprint density at radius 2 is 1.97 bits per heavy atom. The van der Waals surface area contributed by atoms with Crippen molar-refractivity contribution in [1.82, 2.24) is 5.32 Å². The van der Waals surface area contributed by atoms with Crippen molar-refractivity contribution in [3.63, 3.8) is 0 Å². The first-order valence-electron chi connectivity index (χ1n) is 9.75. The molecule has 4 N–H and O–H groups in total. The van der Waals surface area contributed by atoms with E-state index in [0.717, 1.165) is 36.2 Å². The monoisotopic (exact) mass is 542 g/mol. The van der Waals surface area contributed by atoms with E-state index in [1.54, 1.807) is 17.4 Å². The molecule has 0 saturated heterocycles. The van der Waals surface area contributed by atoms with Gasteiger partial charge in [0, 0.05) is 10.4 Å². The van der Waals surface area contributed by atoms with Gasteiger partial charge in [0.15, 0.2) is 0 Å². The van der Waals surface area contributed by atoms with Gasteiger partial charge in [0.1, 0.15) is 27.1 Å². The van der Waals surface area contributed by atoms with Gasteiger partial charge in [-0.05, 0) is 74.1 Å². The Morgan fingerprint density at radius 3 is 2.66 bits per heavy atom. The molecule has 1 aromatic heterocycles. The largest absolute Gasteiger partial charge is 0.506 e. The number of hydrogen-bond donors (Lipinski definition) is 4. The molecular formula is C21H24Br2N2O3S. The van der Waals surface area contributed by atoms with Gasteiger partial charge in [0.2, 0.25) is 0 Å². The molecule has 0 unspecified atom stereocenters. The molecule has 2 aliphatic rings. The fourth-order valence-corrected chi connectivity index (χ4v) is 6.75. The van der Waals surface area contributed by atoms with E-state index in [1.165, 1.54) is 10.4 Å². The van der Waals surface area contributed by atoms with E-state index < -0.39 is 6.17 Å². The first kappa shape index (κ1) is 21.0. The predicted molar refractivity (Wildman–Crippen MR) is 123 cm³/mol. The maximum atomic E-state index is 13.0. The number of nitrogens with one attached hydrogen (secondary N) is 2. The molecule has 0 saturated carbocycles. The molecule has 0 bridgehead atoms. The smallest absolute Gasteiger partial charge is 0.256 e. The average molecular weight is 544 g/mol. The van der Waals surface area contributed by atoms with Gasteiger partial charge in [-0.25, -0.2) is 0 Å². The quantitative estimate of drug-likeness (QED) is 0.378. The Bertz CT molecular complexity index is 1000. The molecule has 1 aliphatic heterocycles. The molecule has 0 radical (unpaired) electrons. The number of aromatic hydroxyl groups is 2. The van der Waals surface area contributed by atoms with Gasteiger partial charge in [0.25, 0.3) is 5.91 Å². The fraction of sp³-hybridized carbons (Fsp3) is 0.476. The number of carbonyl (C=O) groups excluding carboxylic acids is 1. The Labute approximate surface area is 191 Å². The number of amides is 1. The number of phenolic OH excluding ortho intramolecular Hbond substituents is 2. The maximum Gasteiger partial charge on any atom is 0.256 e. The Kier molecular flexibility index (Phi) is 5.40. The summed E-state index contributed by atoms with van der Waals surface area (Å²) in [5, 5.41) is 27.7. The summed E-state index contributed by atoms with van der Waals surface area (Å²) in [6.45, 7) is 6.91. The average Bonchev–Trinajstić information content (AvgIpc) is 3.07. The zero-order valence-corrected chi connectivity index (χ0v) is 20.5. The van der Waals surface area contributed by atoms with Crippen LogP contribution in [0.25, 0.3) is 0 Å². The van der Waals surface area contributed by atoms with Crippen LogP contribution in [0.5, 0.6) is 11.5 Å². The van der Waals surface area contributed by atoms with E-state index in [-0.39, 0.29) is 27.3 Å². The van der Waals surface area contributed by atoms with Gasteiger partial charge in [0.05, 0.1) is 10.0 Å². The van der Waals surface area contributed by atoms with Crippen molar-refractivity contribution in [2.45, 2.75) is 52.6 Å². The molecule has 1 amide bonds. The number of thiophene rings is 1. The number of hydrogen-bond acceptors (Lipinski definition) is 5. The maximum absolute atomic E-state index is 13.0. The van der Waals surface area contributed by atoms with Gasteiger partial charge in [-0.1, -0.05) is 27.2 Å². The van der Waals surface area contributed by atoms with E-state index in [2.05, 4.69) is 63.3 Å². The molecule has 2 aromatic rings. The lowest BCUT2D eigenvalue weighted by atomic mass is 9.69. The summed E-state index contributed by atoms with van der Waals surface area (Å²) in [6, 6.07) is 1.62. The molecule has 29 heavy (non-hydrogen) atoms. The lowest BCUT2D eigenvalue weighted by Crippen LogP contribution is -2.38. The molecular weight excluding hydrogens is 520 g/mol. The van der Waals surface area contributed by atoms with Crippen LogP contribution in [0.4, 0.5) is 5.00 Å². The molecule has 8 heteroatoms. The van der Waals surface area contributed by atoms with E-state index in [1.807, 2.05) is 0 Å². The topological polar surface area (TPSA) is 81.6 Å². The predicted octanol–water partition coefficient (Wildman–Crippen LogP) is 6.08. The van der Waals surface area contributed by atoms with Crippen LogP contribution in [-0.2, 0) is 12.8 Å². The molecule has 1 aliphatic carbocycles. The third-order valence-corrected chi connectivity index (χ3v) is 9.11. The third-order valence-electron chi connectivity index (χ3n) is 6.57. The highest BCUT2D eigenvalue weighted by Gasteiger charge is 2.38. The highest BCUT2D eigenvalue weighted by Crippen LogP contribution is 2.49. The molecule has 1 aromatic carbocycles. The second kappa shape index (κ2) is 7.46. The van der Waals surface area contributed by atoms with Crippen LogP contribution < -0.4 is 10.6 Å². The van der Waals surface area contributed by atoms with Crippen molar-refractivity contribution in [3.8, 4) is 11.5 Å². The van der Waals surface area contributed by atoms with Crippen molar-refractivity contribution in [2.75, 3.05) is 5.32 Å². The van der Waals surface area contributed by atoms with Gasteiger partial charge in [-0.2, -0.15) is 0 Å². The second-order valence-electron chi connectivity index (χ2n) is 8.50. The zero-order valence-electron chi connectivity index (χ0n) is 16.5. The number of halogens is 2. The Hall–Kier alpha value is -1.25. The minimum Gasteiger partial charge on any atom is -0.506 e. The van der Waals surface area contributed by atoms with Gasteiger partial charge in [-0.15, -0.1) is 11.3 Å². The Balaban J connectivity index is 1.68. The summed E-state index contributed by atoms with van der Waals surface area (Å²) in [5.74, 6) is 0.324. The summed E-state index contributed by atoms with van der Waals surface area (Å²) in [7, 11) is 0. The van der Waals surface area contributed by atoms with Crippen molar-refractivity contribution in [1.29, 1.82) is 0 Å². The SMILES string of the molecule is CCC(C)(C)[C@@H]1CCc2c(sc3c2C(=O)N[C@@H](c2cc(Br)c(O)c(Br)c2O)N3)C1. The Morgan fingerprint density at radius 1 is 1.24 bits per heavy atom. The highest BCUT2D eigenvalue weighted by molar-refractivity contribution is 9.11. The number of phenols is 2. The van der Waals surface area contributed by atoms with Crippen molar-refractivity contribution in [3.05, 3.63) is 36.6 Å². The normalized spacial score (nSPS) is 21.2. The lowest BCUT2D eigenvalue weighted by Gasteiger charge is -2.36. The van der Waals surface area contributed by atoms with Crippen LogP contribution in [0.3, 0.4) is 0 Å². The molecule has 0 spiro atoms. The van der Waals surface area contributed by atoms with Crippen molar-refractivity contribution in [2.24, 2.45) is 11.3 Å². The van der Waals surface area contributed by atoms with Gasteiger partial charge < -0.3 is 20.8 Å². The number of rotatable bonds is 3. The lowest BCUT2D eigenvalue weighted by molar-refractivity contribution is 0.0934. The number of benzene rings is 1. The minimum absolute atomic E-state index is 0.0785. The van der Waals surface area contributed by atoms with E-state index >= 15 is 0 Å². The van der Waals surface area contributed by atoms with Gasteiger partial charge in [-0.3, -0.25) is 4.79 Å². The van der Waals surface area contributed by atoms with Crippen LogP contribution in [0, 0.1) is 11.3 Å². The summed E-state index contributed by atoms with van der Waals surface area (Å²) in [5.41, 5.74) is 2.70. The van der Waals surface area contributed by atoms with Crippen molar-refractivity contribution >= 4 is 54.1 Å². The fourth-order valence-electron chi connectivity index (χ4n) is 4.25. The second-order valence-corrected chi connectivity index (χ2v) is 11.3. The zero-order chi connectivity index (χ0) is 21.1.